The van der Waals surface area contributed by atoms with Gasteiger partial charge in [-0.15, -0.1) is 0 Å². The van der Waals surface area contributed by atoms with E-state index in [2.05, 4.69) is 0 Å². The first-order valence-corrected chi connectivity index (χ1v) is 9.43. The second-order valence-electron chi connectivity index (χ2n) is 6.55. The predicted octanol–water partition coefficient (Wildman–Crippen LogP) is 2.88. The van der Waals surface area contributed by atoms with Crippen LogP contribution in [0.5, 0.6) is 11.5 Å². The van der Waals surface area contributed by atoms with E-state index >= 15 is 0 Å². The van der Waals surface area contributed by atoms with Gasteiger partial charge in [0.25, 0.3) is 5.91 Å². The molecule has 148 valence electrons. The minimum atomic E-state index is -0.0383. The average Bonchev–Trinajstić information content (AvgIpc) is 2.73. The molecule has 0 aliphatic carbocycles. The quantitative estimate of drug-likeness (QED) is 0.771. The third-order valence-corrected chi connectivity index (χ3v) is 5.07. The van der Waals surface area contributed by atoms with Crippen molar-refractivity contribution in [2.45, 2.75) is 6.42 Å². The Kier molecular flexibility index (Phi) is 6.41. The molecule has 2 aromatic rings. The highest BCUT2D eigenvalue weighted by Crippen LogP contribution is 2.28. The van der Waals surface area contributed by atoms with E-state index in [1.807, 2.05) is 12.1 Å². The van der Waals surface area contributed by atoms with Crippen LogP contribution in [-0.2, 0) is 11.2 Å². The zero-order chi connectivity index (χ0) is 20.1. The number of nitrogens with zero attached hydrogens (tertiary/aromatic N) is 2. The lowest BCUT2D eigenvalue weighted by Gasteiger charge is -2.35. The van der Waals surface area contributed by atoms with Gasteiger partial charge in [0.2, 0.25) is 5.91 Å². The van der Waals surface area contributed by atoms with Crippen LogP contribution in [0, 0.1) is 0 Å². The van der Waals surface area contributed by atoms with Crippen molar-refractivity contribution in [3.8, 4) is 11.5 Å². The number of carbonyl (C=O) groups is 2. The van der Waals surface area contributed by atoms with Crippen molar-refractivity contribution in [1.29, 1.82) is 0 Å². The Morgan fingerprint density at radius 3 is 2.11 bits per heavy atom. The molecule has 1 heterocycles. The van der Waals surface area contributed by atoms with Crippen molar-refractivity contribution >= 4 is 23.4 Å². The van der Waals surface area contributed by atoms with Gasteiger partial charge in [0, 0.05) is 36.8 Å². The van der Waals surface area contributed by atoms with Crippen LogP contribution in [0.15, 0.2) is 42.5 Å². The fourth-order valence-electron chi connectivity index (χ4n) is 3.21. The molecular weight excluding hydrogens is 380 g/mol. The van der Waals surface area contributed by atoms with E-state index in [0.29, 0.717) is 48.3 Å². The summed E-state index contributed by atoms with van der Waals surface area (Å²) in [6, 6.07) is 12.3. The third kappa shape index (κ3) is 4.57. The van der Waals surface area contributed by atoms with Gasteiger partial charge in [0.1, 0.15) is 0 Å². The summed E-state index contributed by atoms with van der Waals surface area (Å²) >= 11 is 5.87. The molecule has 0 unspecified atom stereocenters. The van der Waals surface area contributed by atoms with Crippen LogP contribution in [0.2, 0.25) is 5.02 Å². The molecule has 1 fully saturated rings. The van der Waals surface area contributed by atoms with Crippen LogP contribution in [0.4, 0.5) is 0 Å². The SMILES string of the molecule is COc1ccc(CC(=O)N2CCN(C(=O)c3ccc(Cl)cc3)CC2)cc1OC. The van der Waals surface area contributed by atoms with Crippen LogP contribution in [0.25, 0.3) is 0 Å². The third-order valence-electron chi connectivity index (χ3n) is 4.81. The largest absolute Gasteiger partial charge is 0.493 e. The zero-order valence-corrected chi connectivity index (χ0v) is 16.7. The second-order valence-corrected chi connectivity index (χ2v) is 6.98. The fourth-order valence-corrected chi connectivity index (χ4v) is 3.34. The molecule has 0 radical (unpaired) electrons. The molecule has 0 bridgehead atoms. The summed E-state index contributed by atoms with van der Waals surface area (Å²) in [4.78, 5) is 28.8. The van der Waals surface area contributed by atoms with Crippen LogP contribution in [0.3, 0.4) is 0 Å². The lowest BCUT2D eigenvalue weighted by molar-refractivity contribution is -0.131. The molecule has 0 atom stereocenters. The van der Waals surface area contributed by atoms with Crippen LogP contribution >= 0.6 is 11.6 Å². The molecule has 6 nitrogen and oxygen atoms in total. The molecule has 0 aromatic heterocycles. The average molecular weight is 403 g/mol. The zero-order valence-electron chi connectivity index (χ0n) is 16.0. The number of carbonyl (C=O) groups excluding carboxylic acids is 2. The smallest absolute Gasteiger partial charge is 0.253 e. The van der Waals surface area contributed by atoms with Crippen molar-refractivity contribution in [2.24, 2.45) is 0 Å². The van der Waals surface area contributed by atoms with Gasteiger partial charge in [-0.05, 0) is 42.0 Å². The van der Waals surface area contributed by atoms with Gasteiger partial charge in [-0.2, -0.15) is 0 Å². The molecule has 0 saturated carbocycles. The summed E-state index contributed by atoms with van der Waals surface area (Å²) < 4.78 is 10.5. The lowest BCUT2D eigenvalue weighted by atomic mass is 10.1. The molecule has 28 heavy (non-hydrogen) atoms. The van der Waals surface area contributed by atoms with Crippen LogP contribution < -0.4 is 9.47 Å². The summed E-state index contributed by atoms with van der Waals surface area (Å²) in [7, 11) is 3.15. The molecule has 2 amide bonds. The number of halogens is 1. The maximum atomic E-state index is 12.6. The number of amides is 2. The van der Waals surface area contributed by atoms with Crippen molar-refractivity contribution < 1.29 is 19.1 Å². The first-order valence-electron chi connectivity index (χ1n) is 9.05. The molecule has 3 rings (SSSR count). The van der Waals surface area contributed by atoms with E-state index in [-0.39, 0.29) is 18.2 Å². The maximum absolute atomic E-state index is 12.6. The molecule has 1 aliphatic rings. The number of hydrogen-bond donors (Lipinski definition) is 0. The lowest BCUT2D eigenvalue weighted by Crippen LogP contribution is -2.51. The highest BCUT2D eigenvalue weighted by molar-refractivity contribution is 6.30. The number of benzene rings is 2. The molecule has 7 heteroatoms. The van der Waals surface area contributed by atoms with E-state index in [9.17, 15) is 9.59 Å². The van der Waals surface area contributed by atoms with E-state index in [4.69, 9.17) is 21.1 Å². The number of methoxy groups -OCH3 is 2. The van der Waals surface area contributed by atoms with Gasteiger partial charge < -0.3 is 19.3 Å². The molecule has 1 aliphatic heterocycles. The summed E-state index contributed by atoms with van der Waals surface area (Å²) in [5, 5.41) is 0.599. The van der Waals surface area contributed by atoms with E-state index in [1.165, 1.54) is 0 Å². The Morgan fingerprint density at radius 2 is 1.50 bits per heavy atom. The monoisotopic (exact) mass is 402 g/mol. The Bertz CT molecular complexity index is 846. The van der Waals surface area contributed by atoms with Gasteiger partial charge >= 0.3 is 0 Å². The predicted molar refractivity (Wildman–Crippen MR) is 107 cm³/mol. The molecular formula is C21H23ClN2O4. The number of hydrogen-bond acceptors (Lipinski definition) is 4. The minimum absolute atomic E-state index is 0.0332. The van der Waals surface area contributed by atoms with Crippen molar-refractivity contribution in [3.63, 3.8) is 0 Å². The normalized spacial score (nSPS) is 14.0. The summed E-state index contributed by atoms with van der Waals surface area (Å²) in [6.07, 6.45) is 0.283. The fraction of sp³-hybridized carbons (Fsp3) is 0.333. The summed E-state index contributed by atoms with van der Waals surface area (Å²) in [5.41, 5.74) is 1.47. The number of ether oxygens (including phenoxy) is 2. The Hall–Kier alpha value is -2.73. The molecule has 0 spiro atoms. The van der Waals surface area contributed by atoms with Crippen LogP contribution in [0.1, 0.15) is 15.9 Å². The highest BCUT2D eigenvalue weighted by atomic mass is 35.5. The van der Waals surface area contributed by atoms with Crippen molar-refractivity contribution in [1.82, 2.24) is 9.80 Å². The van der Waals surface area contributed by atoms with E-state index < -0.39 is 0 Å². The van der Waals surface area contributed by atoms with Gasteiger partial charge in [0.05, 0.1) is 20.6 Å². The van der Waals surface area contributed by atoms with Gasteiger partial charge in [-0.3, -0.25) is 9.59 Å². The first kappa shape index (κ1) is 20.0. The number of rotatable bonds is 5. The van der Waals surface area contributed by atoms with Gasteiger partial charge in [-0.1, -0.05) is 17.7 Å². The van der Waals surface area contributed by atoms with E-state index in [0.717, 1.165) is 5.56 Å². The number of piperazine rings is 1. The summed E-state index contributed by atoms with van der Waals surface area (Å²) in [6.45, 7) is 2.06. The van der Waals surface area contributed by atoms with Gasteiger partial charge in [0.15, 0.2) is 11.5 Å². The van der Waals surface area contributed by atoms with E-state index in [1.54, 1.807) is 54.4 Å². The Labute approximate surface area is 169 Å². The molecule has 1 saturated heterocycles. The first-order chi connectivity index (χ1) is 13.5. The Morgan fingerprint density at radius 1 is 0.893 bits per heavy atom. The van der Waals surface area contributed by atoms with Crippen LogP contribution in [-0.4, -0.2) is 62.0 Å². The highest BCUT2D eigenvalue weighted by Gasteiger charge is 2.25. The maximum Gasteiger partial charge on any atom is 0.253 e. The summed E-state index contributed by atoms with van der Waals surface area (Å²) in [5.74, 6) is 1.23. The second kappa shape index (κ2) is 8.97. The molecule has 2 aromatic carbocycles. The van der Waals surface area contributed by atoms with Crippen molar-refractivity contribution in [3.05, 3.63) is 58.6 Å². The van der Waals surface area contributed by atoms with Crippen molar-refractivity contribution in [2.75, 3.05) is 40.4 Å². The minimum Gasteiger partial charge on any atom is -0.493 e. The Balaban J connectivity index is 1.56. The topological polar surface area (TPSA) is 59.1 Å². The molecule has 0 N–H and O–H groups in total. The van der Waals surface area contributed by atoms with Gasteiger partial charge in [-0.25, -0.2) is 0 Å². The standard InChI is InChI=1S/C21H23ClN2O4/c1-27-18-8-3-15(13-19(18)28-2)14-20(25)23-9-11-24(12-10-23)21(26)16-4-6-17(22)7-5-16/h3-8,13H,9-12,14H2,1-2H3.